The summed E-state index contributed by atoms with van der Waals surface area (Å²) in [5.74, 6) is -3.65. The Morgan fingerprint density at radius 1 is 1.39 bits per heavy atom. The van der Waals surface area contributed by atoms with Crippen molar-refractivity contribution in [2.24, 2.45) is 11.7 Å². The molecule has 2 amide bonds. The Morgan fingerprint density at radius 2 is 2.04 bits per heavy atom. The molecule has 1 aromatic rings. The molecule has 0 spiro atoms. The molecule has 3 N–H and O–H groups in total. The van der Waals surface area contributed by atoms with Crippen LogP contribution in [0.1, 0.15) is 12.0 Å². The fourth-order valence-corrected chi connectivity index (χ4v) is 2.28. The normalized spacial score (nSPS) is 12.6. The number of amides is 2. The monoisotopic (exact) mass is 396 g/mol. The maximum Gasteiger partial charge on any atom is 0.390 e. The van der Waals surface area contributed by atoms with E-state index in [1.165, 1.54) is 7.11 Å². The SMILES string of the molecule is COc1cc(CCNC(=O)[C@@H](CC(F)(F)F)C(N)=O)ccc1Br. The lowest BCUT2D eigenvalue weighted by atomic mass is 10.0. The number of hydrogen-bond donors (Lipinski definition) is 2. The molecular formula is C14H16BrF3N2O3. The van der Waals surface area contributed by atoms with Gasteiger partial charge in [-0.1, -0.05) is 6.07 Å². The number of carbonyl (C=O) groups is 2. The molecule has 1 atom stereocenters. The van der Waals surface area contributed by atoms with E-state index in [1.807, 2.05) is 0 Å². The van der Waals surface area contributed by atoms with Gasteiger partial charge in [0, 0.05) is 6.54 Å². The van der Waals surface area contributed by atoms with Gasteiger partial charge in [0.15, 0.2) is 0 Å². The standard InChI is InChI=1S/C14H16BrF3N2O3/c1-23-11-6-8(2-3-10(11)15)4-5-20-13(22)9(12(19)21)7-14(16,17)18/h2-3,6,9H,4-5,7H2,1H3,(H2,19,21)(H,20,22)/t9-/m0/s1. The molecule has 0 fully saturated rings. The van der Waals surface area contributed by atoms with Crippen molar-refractivity contribution in [3.63, 3.8) is 0 Å². The van der Waals surface area contributed by atoms with Gasteiger partial charge in [0.05, 0.1) is 18.0 Å². The number of ether oxygens (including phenoxy) is 1. The minimum Gasteiger partial charge on any atom is -0.496 e. The van der Waals surface area contributed by atoms with Crippen LogP contribution in [0.15, 0.2) is 22.7 Å². The molecule has 0 radical (unpaired) electrons. The highest BCUT2D eigenvalue weighted by Crippen LogP contribution is 2.26. The average Bonchev–Trinajstić information content (AvgIpc) is 2.45. The van der Waals surface area contributed by atoms with Crippen LogP contribution in [0.2, 0.25) is 0 Å². The van der Waals surface area contributed by atoms with E-state index in [1.54, 1.807) is 18.2 Å². The van der Waals surface area contributed by atoms with Crippen LogP contribution in [0.3, 0.4) is 0 Å². The number of primary amides is 1. The maximum atomic E-state index is 12.3. The van der Waals surface area contributed by atoms with Crippen LogP contribution in [-0.2, 0) is 16.0 Å². The first-order valence-corrected chi connectivity index (χ1v) is 7.39. The predicted octanol–water partition coefficient (Wildman–Crippen LogP) is 2.17. The van der Waals surface area contributed by atoms with Gasteiger partial charge in [0.1, 0.15) is 11.7 Å². The molecule has 23 heavy (non-hydrogen) atoms. The highest BCUT2D eigenvalue weighted by atomic mass is 79.9. The van der Waals surface area contributed by atoms with E-state index in [-0.39, 0.29) is 6.54 Å². The van der Waals surface area contributed by atoms with Crippen LogP contribution < -0.4 is 15.8 Å². The summed E-state index contributed by atoms with van der Waals surface area (Å²) < 4.78 is 42.9. The summed E-state index contributed by atoms with van der Waals surface area (Å²) in [5.41, 5.74) is 5.68. The Labute approximate surface area is 139 Å². The molecule has 0 aliphatic heterocycles. The van der Waals surface area contributed by atoms with Crippen molar-refractivity contribution < 1.29 is 27.5 Å². The maximum absolute atomic E-state index is 12.3. The first-order valence-electron chi connectivity index (χ1n) is 6.60. The third kappa shape index (κ3) is 6.47. The molecular weight excluding hydrogens is 381 g/mol. The molecule has 1 rings (SSSR count). The molecule has 0 heterocycles. The van der Waals surface area contributed by atoms with E-state index >= 15 is 0 Å². The minimum atomic E-state index is -4.64. The van der Waals surface area contributed by atoms with Crippen molar-refractivity contribution >= 4 is 27.7 Å². The van der Waals surface area contributed by atoms with E-state index in [2.05, 4.69) is 21.2 Å². The first kappa shape index (κ1) is 19.3. The molecule has 0 saturated carbocycles. The van der Waals surface area contributed by atoms with Gasteiger partial charge in [-0.3, -0.25) is 9.59 Å². The molecule has 0 saturated heterocycles. The number of nitrogens with one attached hydrogen (secondary N) is 1. The fourth-order valence-electron chi connectivity index (χ4n) is 1.87. The zero-order valence-electron chi connectivity index (χ0n) is 12.2. The van der Waals surface area contributed by atoms with Gasteiger partial charge in [-0.15, -0.1) is 0 Å². The van der Waals surface area contributed by atoms with Crippen molar-refractivity contribution in [3.8, 4) is 5.75 Å². The van der Waals surface area contributed by atoms with Crippen LogP contribution in [-0.4, -0.2) is 31.6 Å². The summed E-state index contributed by atoms with van der Waals surface area (Å²) in [6.45, 7) is 0.0747. The third-order valence-corrected chi connectivity index (χ3v) is 3.68. The van der Waals surface area contributed by atoms with Gasteiger partial charge in [-0.25, -0.2) is 0 Å². The van der Waals surface area contributed by atoms with E-state index in [0.717, 1.165) is 10.0 Å². The second-order valence-corrected chi connectivity index (χ2v) is 5.64. The van der Waals surface area contributed by atoms with Gasteiger partial charge in [0.25, 0.3) is 0 Å². The van der Waals surface area contributed by atoms with Gasteiger partial charge in [-0.2, -0.15) is 13.2 Å². The summed E-state index contributed by atoms with van der Waals surface area (Å²) >= 11 is 3.29. The molecule has 1 aromatic carbocycles. The van der Waals surface area contributed by atoms with Crippen molar-refractivity contribution in [2.75, 3.05) is 13.7 Å². The van der Waals surface area contributed by atoms with Crippen LogP contribution in [0, 0.1) is 5.92 Å². The molecule has 0 aromatic heterocycles. The Hall–Kier alpha value is -1.77. The largest absolute Gasteiger partial charge is 0.496 e. The lowest BCUT2D eigenvalue weighted by Crippen LogP contribution is -2.41. The third-order valence-electron chi connectivity index (χ3n) is 3.02. The van der Waals surface area contributed by atoms with Gasteiger partial charge >= 0.3 is 6.18 Å². The zero-order valence-corrected chi connectivity index (χ0v) is 13.8. The number of benzene rings is 1. The minimum absolute atomic E-state index is 0.0747. The van der Waals surface area contributed by atoms with Crippen molar-refractivity contribution in [3.05, 3.63) is 28.2 Å². The highest BCUT2D eigenvalue weighted by molar-refractivity contribution is 9.10. The quantitative estimate of drug-likeness (QED) is 0.693. The van der Waals surface area contributed by atoms with E-state index in [9.17, 15) is 22.8 Å². The fraction of sp³-hybridized carbons (Fsp3) is 0.429. The second kappa shape index (κ2) is 8.19. The number of rotatable bonds is 7. The molecule has 0 unspecified atom stereocenters. The highest BCUT2D eigenvalue weighted by Gasteiger charge is 2.38. The van der Waals surface area contributed by atoms with Crippen molar-refractivity contribution in [1.82, 2.24) is 5.32 Å². The van der Waals surface area contributed by atoms with Gasteiger partial charge in [0.2, 0.25) is 11.8 Å². The summed E-state index contributed by atoms with van der Waals surface area (Å²) in [6, 6.07) is 5.27. The van der Waals surface area contributed by atoms with Gasteiger partial charge in [-0.05, 0) is 40.0 Å². The summed E-state index contributed by atoms with van der Waals surface area (Å²) in [6.07, 6.45) is -5.84. The Kier molecular flexibility index (Phi) is 6.86. The van der Waals surface area contributed by atoms with Crippen molar-refractivity contribution in [2.45, 2.75) is 19.0 Å². The number of nitrogens with two attached hydrogens (primary N) is 1. The summed E-state index contributed by atoms with van der Waals surface area (Å²) in [5, 5.41) is 2.29. The van der Waals surface area contributed by atoms with Crippen LogP contribution >= 0.6 is 15.9 Å². The van der Waals surface area contributed by atoms with E-state index < -0.39 is 30.3 Å². The number of carbonyl (C=O) groups excluding carboxylic acids is 2. The predicted molar refractivity (Wildman–Crippen MR) is 80.8 cm³/mol. The van der Waals surface area contributed by atoms with Crippen molar-refractivity contribution in [1.29, 1.82) is 0 Å². The summed E-state index contributed by atoms with van der Waals surface area (Å²) in [7, 11) is 1.50. The molecule has 0 aliphatic carbocycles. The molecule has 5 nitrogen and oxygen atoms in total. The number of methoxy groups -OCH3 is 1. The number of halogens is 4. The van der Waals surface area contributed by atoms with Crippen LogP contribution in [0.25, 0.3) is 0 Å². The summed E-state index contributed by atoms with van der Waals surface area (Å²) in [4.78, 5) is 22.7. The number of hydrogen-bond acceptors (Lipinski definition) is 3. The lowest BCUT2D eigenvalue weighted by molar-refractivity contribution is -0.160. The molecule has 128 valence electrons. The molecule has 0 bridgehead atoms. The lowest BCUT2D eigenvalue weighted by Gasteiger charge is -2.15. The van der Waals surface area contributed by atoms with E-state index in [4.69, 9.17) is 10.5 Å². The van der Waals surface area contributed by atoms with E-state index in [0.29, 0.717) is 12.2 Å². The number of alkyl halides is 3. The Morgan fingerprint density at radius 3 is 2.57 bits per heavy atom. The zero-order chi connectivity index (χ0) is 17.6. The Bertz CT molecular complexity index is 579. The molecule has 0 aliphatic rings. The average molecular weight is 397 g/mol. The second-order valence-electron chi connectivity index (χ2n) is 4.78. The first-order chi connectivity index (χ1) is 10.6. The van der Waals surface area contributed by atoms with Crippen LogP contribution in [0.5, 0.6) is 5.75 Å². The topological polar surface area (TPSA) is 81.4 Å². The Balaban J connectivity index is 2.59. The molecule has 9 heteroatoms. The van der Waals surface area contributed by atoms with Gasteiger partial charge < -0.3 is 15.8 Å². The smallest absolute Gasteiger partial charge is 0.390 e. The van der Waals surface area contributed by atoms with Crippen LogP contribution in [0.4, 0.5) is 13.2 Å².